The highest BCUT2D eigenvalue weighted by Gasteiger charge is 2.11. The number of carbonyl (C=O) groups is 1. The van der Waals surface area contributed by atoms with E-state index < -0.39 is 0 Å². The van der Waals surface area contributed by atoms with Gasteiger partial charge in [-0.05, 0) is 48.1 Å². The molecular weight excluding hydrogens is 350 g/mol. The average Bonchev–Trinajstić information content (AvgIpc) is 3.17. The molecule has 0 spiro atoms. The summed E-state index contributed by atoms with van der Waals surface area (Å²) < 4.78 is 0. The number of benzene rings is 2. The number of Topliss-reactive ketones (excluding diaryl/α,β-unsaturated/α-hetero) is 1. The Hall–Kier alpha value is -3.54. The SMILES string of the molecule is Nc1cc(Cc2cccc(C(=O)CCCc3ccccc3)c2)c2n[nH]nc2n1. The highest BCUT2D eigenvalue weighted by Crippen LogP contribution is 2.20. The van der Waals surface area contributed by atoms with Gasteiger partial charge >= 0.3 is 0 Å². The van der Waals surface area contributed by atoms with Crippen LogP contribution in [0, 0.1) is 0 Å². The number of aromatic amines is 1. The van der Waals surface area contributed by atoms with Crippen LogP contribution in [0.4, 0.5) is 5.82 Å². The number of fused-ring (bicyclic) bond motifs is 1. The van der Waals surface area contributed by atoms with E-state index in [1.165, 1.54) is 5.56 Å². The van der Waals surface area contributed by atoms with E-state index in [0.717, 1.165) is 29.5 Å². The molecule has 2 heterocycles. The van der Waals surface area contributed by atoms with E-state index in [1.807, 2.05) is 42.5 Å². The third-order valence-corrected chi connectivity index (χ3v) is 4.75. The lowest BCUT2D eigenvalue weighted by Gasteiger charge is -2.07. The largest absolute Gasteiger partial charge is 0.384 e. The van der Waals surface area contributed by atoms with Crippen LogP contribution in [0.25, 0.3) is 11.2 Å². The molecule has 0 unspecified atom stereocenters. The molecule has 2 aromatic carbocycles. The van der Waals surface area contributed by atoms with Gasteiger partial charge in [0.25, 0.3) is 0 Å². The lowest BCUT2D eigenvalue weighted by Crippen LogP contribution is -2.02. The normalized spacial score (nSPS) is 11.0. The lowest BCUT2D eigenvalue weighted by molar-refractivity contribution is 0.0980. The number of hydrogen-bond acceptors (Lipinski definition) is 5. The van der Waals surface area contributed by atoms with Crippen LogP contribution in [0.15, 0.2) is 60.7 Å². The monoisotopic (exact) mass is 371 g/mol. The summed E-state index contributed by atoms with van der Waals surface area (Å²) in [6.45, 7) is 0. The van der Waals surface area contributed by atoms with Gasteiger partial charge in [0.15, 0.2) is 5.78 Å². The number of ketones is 1. The second-order valence-electron chi connectivity index (χ2n) is 6.84. The molecule has 0 saturated heterocycles. The number of nitrogens with one attached hydrogen (secondary N) is 1. The zero-order valence-electron chi connectivity index (χ0n) is 15.4. The van der Waals surface area contributed by atoms with Crippen molar-refractivity contribution in [2.75, 3.05) is 5.73 Å². The summed E-state index contributed by atoms with van der Waals surface area (Å²) >= 11 is 0. The van der Waals surface area contributed by atoms with E-state index in [2.05, 4.69) is 32.5 Å². The van der Waals surface area contributed by atoms with E-state index in [0.29, 0.717) is 29.8 Å². The van der Waals surface area contributed by atoms with Gasteiger partial charge in [0.2, 0.25) is 5.65 Å². The van der Waals surface area contributed by atoms with Crippen LogP contribution in [-0.4, -0.2) is 26.2 Å². The molecule has 0 saturated carbocycles. The minimum atomic E-state index is 0.165. The number of nitrogens with zero attached hydrogens (tertiary/aromatic N) is 3. The van der Waals surface area contributed by atoms with Crippen molar-refractivity contribution in [3.05, 3.63) is 82.9 Å². The number of carbonyl (C=O) groups excluding carboxylic acids is 1. The predicted molar refractivity (Wildman–Crippen MR) is 109 cm³/mol. The number of nitrogens with two attached hydrogens (primary N) is 1. The Morgan fingerprint density at radius 2 is 1.79 bits per heavy atom. The first-order valence-corrected chi connectivity index (χ1v) is 9.31. The summed E-state index contributed by atoms with van der Waals surface area (Å²) in [5.74, 6) is 0.572. The van der Waals surface area contributed by atoms with Gasteiger partial charge in [-0.2, -0.15) is 10.3 Å². The molecule has 0 aliphatic carbocycles. The molecule has 6 nitrogen and oxygen atoms in total. The van der Waals surface area contributed by atoms with Crippen LogP contribution < -0.4 is 5.73 Å². The van der Waals surface area contributed by atoms with Gasteiger partial charge < -0.3 is 5.73 Å². The Morgan fingerprint density at radius 1 is 0.964 bits per heavy atom. The Kier molecular flexibility index (Phi) is 5.10. The van der Waals surface area contributed by atoms with Crippen molar-refractivity contribution < 1.29 is 4.79 Å². The van der Waals surface area contributed by atoms with Gasteiger partial charge in [0.05, 0.1) is 0 Å². The van der Waals surface area contributed by atoms with E-state index in [1.54, 1.807) is 6.07 Å². The smallest absolute Gasteiger partial charge is 0.203 e. The minimum absolute atomic E-state index is 0.165. The van der Waals surface area contributed by atoms with Crippen LogP contribution in [0.2, 0.25) is 0 Å². The van der Waals surface area contributed by atoms with Crippen molar-refractivity contribution in [1.82, 2.24) is 20.4 Å². The first-order valence-electron chi connectivity index (χ1n) is 9.31. The van der Waals surface area contributed by atoms with Crippen LogP contribution in [0.5, 0.6) is 0 Å². The molecule has 28 heavy (non-hydrogen) atoms. The lowest BCUT2D eigenvalue weighted by atomic mass is 9.98. The molecule has 0 bridgehead atoms. The van der Waals surface area contributed by atoms with E-state index in [-0.39, 0.29) is 5.78 Å². The van der Waals surface area contributed by atoms with E-state index in [9.17, 15) is 4.79 Å². The van der Waals surface area contributed by atoms with E-state index in [4.69, 9.17) is 5.73 Å². The van der Waals surface area contributed by atoms with Gasteiger partial charge in [-0.25, -0.2) is 4.98 Å². The molecular formula is C22H21N5O. The predicted octanol–water partition coefficient (Wildman–Crippen LogP) is 3.73. The maximum Gasteiger partial charge on any atom is 0.203 e. The van der Waals surface area contributed by atoms with Crippen molar-refractivity contribution in [2.24, 2.45) is 0 Å². The maximum absolute atomic E-state index is 12.6. The van der Waals surface area contributed by atoms with Crippen LogP contribution in [-0.2, 0) is 12.8 Å². The molecule has 0 aliphatic heterocycles. The molecule has 0 aliphatic rings. The van der Waals surface area contributed by atoms with Gasteiger partial charge in [-0.15, -0.1) is 5.10 Å². The fourth-order valence-corrected chi connectivity index (χ4v) is 3.37. The fraction of sp³-hybridized carbons (Fsp3) is 0.182. The maximum atomic E-state index is 12.6. The Balaban J connectivity index is 1.45. The van der Waals surface area contributed by atoms with Crippen molar-refractivity contribution in [1.29, 1.82) is 0 Å². The molecule has 0 fully saturated rings. The molecule has 0 atom stereocenters. The zero-order valence-corrected chi connectivity index (χ0v) is 15.4. The van der Waals surface area contributed by atoms with Crippen molar-refractivity contribution in [3.63, 3.8) is 0 Å². The summed E-state index contributed by atoms with van der Waals surface area (Å²) in [7, 11) is 0. The van der Waals surface area contributed by atoms with Crippen LogP contribution in [0.1, 0.15) is 39.9 Å². The van der Waals surface area contributed by atoms with Gasteiger partial charge in [0, 0.05) is 12.0 Å². The second kappa shape index (κ2) is 8.00. The number of aryl methyl sites for hydroxylation is 1. The molecule has 140 valence electrons. The second-order valence-corrected chi connectivity index (χ2v) is 6.84. The summed E-state index contributed by atoms with van der Waals surface area (Å²) in [5.41, 5.74) is 11.0. The van der Waals surface area contributed by atoms with Gasteiger partial charge in [-0.3, -0.25) is 4.79 Å². The molecule has 4 rings (SSSR count). The average molecular weight is 371 g/mol. The molecule has 0 amide bonds. The number of H-pyrrole nitrogens is 1. The quantitative estimate of drug-likeness (QED) is 0.482. The zero-order chi connectivity index (χ0) is 19.3. The van der Waals surface area contributed by atoms with Crippen LogP contribution >= 0.6 is 0 Å². The topological polar surface area (TPSA) is 97.6 Å². The first kappa shape index (κ1) is 17.9. The van der Waals surface area contributed by atoms with Crippen molar-refractivity contribution >= 4 is 22.8 Å². The van der Waals surface area contributed by atoms with Gasteiger partial charge in [-0.1, -0.05) is 48.5 Å². The summed E-state index contributed by atoms with van der Waals surface area (Å²) in [4.78, 5) is 16.8. The fourth-order valence-electron chi connectivity index (χ4n) is 3.37. The van der Waals surface area contributed by atoms with Crippen LogP contribution in [0.3, 0.4) is 0 Å². The molecule has 6 heteroatoms. The number of aromatic nitrogens is 4. The number of rotatable bonds is 7. The third-order valence-electron chi connectivity index (χ3n) is 4.75. The third kappa shape index (κ3) is 4.06. The highest BCUT2D eigenvalue weighted by atomic mass is 16.1. The van der Waals surface area contributed by atoms with E-state index >= 15 is 0 Å². The highest BCUT2D eigenvalue weighted by molar-refractivity contribution is 5.96. The molecule has 4 aromatic rings. The number of anilines is 1. The summed E-state index contributed by atoms with van der Waals surface area (Å²) in [6.07, 6.45) is 2.90. The van der Waals surface area contributed by atoms with Crippen molar-refractivity contribution in [2.45, 2.75) is 25.7 Å². The molecule has 0 radical (unpaired) electrons. The Bertz CT molecular complexity index is 1100. The molecule has 3 N–H and O–H groups in total. The standard InChI is InChI=1S/C22H21N5O/c23-20-14-18(21-22(24-20)26-27-25-21)13-16-9-4-10-17(12-16)19(28)11-5-8-15-6-2-1-3-7-15/h1-4,6-7,9-10,12,14H,5,8,11,13H2,(H3,23,24,25,26,27). The molecule has 2 aromatic heterocycles. The Morgan fingerprint density at radius 3 is 2.64 bits per heavy atom. The number of pyridine rings is 1. The Labute approximate surface area is 162 Å². The van der Waals surface area contributed by atoms with Gasteiger partial charge in [0.1, 0.15) is 11.3 Å². The minimum Gasteiger partial charge on any atom is -0.384 e. The number of nitrogen functional groups attached to an aromatic ring is 1. The summed E-state index contributed by atoms with van der Waals surface area (Å²) in [5, 5.41) is 10.8. The van der Waals surface area contributed by atoms with Crippen molar-refractivity contribution in [3.8, 4) is 0 Å². The first-order chi connectivity index (χ1) is 13.7. The summed E-state index contributed by atoms with van der Waals surface area (Å²) in [6, 6.07) is 19.8. The number of hydrogen-bond donors (Lipinski definition) is 2.